The zero-order valence-corrected chi connectivity index (χ0v) is 13.5. The molecule has 0 bridgehead atoms. The van der Waals surface area contributed by atoms with Crippen molar-refractivity contribution >= 4 is 39.7 Å². The van der Waals surface area contributed by atoms with Gasteiger partial charge in [0.25, 0.3) is 0 Å². The van der Waals surface area contributed by atoms with Crippen LogP contribution in [0.15, 0.2) is 59.2 Å². The molecule has 100 valence electrons. The highest BCUT2D eigenvalue weighted by Gasteiger charge is 2.09. The average molecular weight is 366 g/mol. The van der Waals surface area contributed by atoms with Crippen molar-refractivity contribution in [2.45, 2.75) is 0 Å². The fraction of sp³-hybridized carbons (Fsp3) is 0. The van der Waals surface area contributed by atoms with Crippen molar-refractivity contribution in [3.8, 4) is 16.9 Å². The number of nitrogens with one attached hydrogen (secondary N) is 1. The summed E-state index contributed by atoms with van der Waals surface area (Å²) in [6, 6.07) is 15.7. The summed E-state index contributed by atoms with van der Waals surface area (Å²) in [6.07, 6.45) is 1.91. The van der Waals surface area contributed by atoms with Crippen LogP contribution in [0.5, 0.6) is 0 Å². The first kappa shape index (κ1) is 13.6. The SMILES string of the molecule is S=c1[nH]cc(-c2ccc(Br)cc2)n1-c1cccc(Cl)c1. The molecular formula is C15H10BrClN2S. The maximum Gasteiger partial charge on any atom is 0.182 e. The molecule has 0 spiro atoms. The van der Waals surface area contributed by atoms with Crippen LogP contribution in [-0.4, -0.2) is 9.55 Å². The molecule has 0 aliphatic carbocycles. The number of H-pyrrole nitrogens is 1. The predicted molar refractivity (Wildman–Crippen MR) is 89.1 cm³/mol. The van der Waals surface area contributed by atoms with Crippen molar-refractivity contribution in [1.82, 2.24) is 9.55 Å². The van der Waals surface area contributed by atoms with Crippen molar-refractivity contribution in [2.75, 3.05) is 0 Å². The van der Waals surface area contributed by atoms with Gasteiger partial charge in [-0.2, -0.15) is 0 Å². The number of imidazole rings is 1. The van der Waals surface area contributed by atoms with Crippen LogP contribution < -0.4 is 0 Å². The maximum absolute atomic E-state index is 6.07. The Labute approximate surface area is 135 Å². The summed E-state index contributed by atoms with van der Waals surface area (Å²) in [4.78, 5) is 3.09. The first-order valence-corrected chi connectivity index (χ1v) is 7.55. The minimum Gasteiger partial charge on any atom is -0.336 e. The molecule has 1 aromatic heterocycles. The molecule has 1 heterocycles. The largest absolute Gasteiger partial charge is 0.336 e. The van der Waals surface area contributed by atoms with Gasteiger partial charge in [-0.05, 0) is 42.5 Å². The van der Waals surface area contributed by atoms with E-state index in [0.717, 1.165) is 21.4 Å². The highest BCUT2D eigenvalue weighted by Crippen LogP contribution is 2.26. The molecule has 0 aliphatic heterocycles. The molecule has 0 atom stereocenters. The van der Waals surface area contributed by atoms with Gasteiger partial charge in [0.15, 0.2) is 4.77 Å². The molecule has 2 nitrogen and oxygen atoms in total. The number of halogens is 2. The second-order valence-corrected chi connectivity index (χ2v) is 6.04. The summed E-state index contributed by atoms with van der Waals surface area (Å²) < 4.78 is 3.67. The van der Waals surface area contributed by atoms with E-state index in [-0.39, 0.29) is 0 Å². The molecule has 1 N–H and O–H groups in total. The van der Waals surface area contributed by atoms with Crippen molar-refractivity contribution in [3.05, 3.63) is 69.0 Å². The Kier molecular flexibility index (Phi) is 3.78. The molecule has 0 amide bonds. The summed E-state index contributed by atoms with van der Waals surface area (Å²) >= 11 is 14.9. The lowest BCUT2D eigenvalue weighted by molar-refractivity contribution is 1.04. The van der Waals surface area contributed by atoms with Crippen LogP contribution in [0.25, 0.3) is 16.9 Å². The first-order valence-electron chi connectivity index (χ1n) is 5.97. The van der Waals surface area contributed by atoms with E-state index in [0.29, 0.717) is 9.79 Å². The fourth-order valence-corrected chi connectivity index (χ4v) is 2.78. The predicted octanol–water partition coefficient (Wildman–Crippen LogP) is 5.62. The third kappa shape index (κ3) is 2.59. The molecule has 3 rings (SSSR count). The van der Waals surface area contributed by atoms with E-state index in [9.17, 15) is 0 Å². The molecule has 0 fully saturated rings. The van der Waals surface area contributed by atoms with Crippen LogP contribution >= 0.6 is 39.7 Å². The Balaban J connectivity index is 2.20. The topological polar surface area (TPSA) is 20.7 Å². The van der Waals surface area contributed by atoms with Gasteiger partial charge in [-0.25, -0.2) is 0 Å². The summed E-state index contributed by atoms with van der Waals surface area (Å²) in [6.45, 7) is 0. The number of hydrogen-bond acceptors (Lipinski definition) is 1. The van der Waals surface area contributed by atoms with Crippen molar-refractivity contribution in [1.29, 1.82) is 0 Å². The molecular weight excluding hydrogens is 356 g/mol. The molecule has 5 heteroatoms. The van der Waals surface area contributed by atoms with Crippen LogP contribution in [-0.2, 0) is 0 Å². The highest BCUT2D eigenvalue weighted by atomic mass is 79.9. The van der Waals surface area contributed by atoms with Gasteiger partial charge < -0.3 is 4.98 Å². The Hall–Kier alpha value is -1.36. The minimum absolute atomic E-state index is 0.644. The van der Waals surface area contributed by atoms with Gasteiger partial charge in [-0.3, -0.25) is 4.57 Å². The average Bonchev–Trinajstić information content (AvgIpc) is 2.81. The molecule has 0 aliphatic rings. The molecule has 0 unspecified atom stereocenters. The zero-order valence-electron chi connectivity index (χ0n) is 10.3. The normalized spacial score (nSPS) is 10.7. The van der Waals surface area contributed by atoms with Gasteiger partial charge in [0, 0.05) is 26.9 Å². The van der Waals surface area contributed by atoms with Crippen LogP contribution in [0, 0.1) is 4.77 Å². The third-order valence-corrected chi connectivity index (χ3v) is 4.05. The highest BCUT2D eigenvalue weighted by molar-refractivity contribution is 9.10. The fourth-order valence-electron chi connectivity index (χ4n) is 2.07. The molecule has 3 aromatic rings. The quantitative estimate of drug-likeness (QED) is 0.585. The summed E-state index contributed by atoms with van der Waals surface area (Å²) in [5, 5.41) is 0.687. The minimum atomic E-state index is 0.644. The lowest BCUT2D eigenvalue weighted by atomic mass is 10.1. The maximum atomic E-state index is 6.07. The van der Waals surface area contributed by atoms with Crippen molar-refractivity contribution in [3.63, 3.8) is 0 Å². The van der Waals surface area contributed by atoms with Gasteiger partial charge in [-0.1, -0.05) is 45.7 Å². The second-order valence-electron chi connectivity index (χ2n) is 4.30. The lowest BCUT2D eigenvalue weighted by Crippen LogP contribution is -1.96. The zero-order chi connectivity index (χ0) is 14.1. The van der Waals surface area contributed by atoms with Crippen LogP contribution in [0.4, 0.5) is 0 Å². The smallest absolute Gasteiger partial charge is 0.182 e. The lowest BCUT2D eigenvalue weighted by Gasteiger charge is -2.09. The Morgan fingerprint density at radius 1 is 1.10 bits per heavy atom. The Morgan fingerprint density at radius 2 is 1.85 bits per heavy atom. The van der Waals surface area contributed by atoms with Crippen molar-refractivity contribution in [2.24, 2.45) is 0 Å². The monoisotopic (exact) mass is 364 g/mol. The van der Waals surface area contributed by atoms with Crippen LogP contribution in [0.1, 0.15) is 0 Å². The summed E-state index contributed by atoms with van der Waals surface area (Å²) in [7, 11) is 0. The molecule has 0 radical (unpaired) electrons. The second kappa shape index (κ2) is 5.56. The number of aromatic amines is 1. The number of rotatable bonds is 2. The first-order chi connectivity index (χ1) is 9.65. The van der Waals surface area contributed by atoms with Crippen molar-refractivity contribution < 1.29 is 0 Å². The Bertz CT molecular complexity index is 805. The van der Waals surface area contributed by atoms with E-state index >= 15 is 0 Å². The molecule has 0 saturated carbocycles. The number of nitrogens with zero attached hydrogens (tertiary/aromatic N) is 1. The molecule has 0 saturated heterocycles. The molecule has 20 heavy (non-hydrogen) atoms. The van der Waals surface area contributed by atoms with Gasteiger partial charge >= 0.3 is 0 Å². The van der Waals surface area contributed by atoms with E-state index in [2.05, 4.69) is 20.9 Å². The van der Waals surface area contributed by atoms with E-state index < -0.39 is 0 Å². The van der Waals surface area contributed by atoms with E-state index in [4.69, 9.17) is 23.8 Å². The Morgan fingerprint density at radius 3 is 2.55 bits per heavy atom. The van der Waals surface area contributed by atoms with Gasteiger partial charge in [0.05, 0.1) is 5.69 Å². The van der Waals surface area contributed by atoms with E-state index in [1.807, 2.05) is 59.3 Å². The van der Waals surface area contributed by atoms with E-state index in [1.165, 1.54) is 0 Å². The third-order valence-electron chi connectivity index (χ3n) is 2.98. The summed E-state index contributed by atoms with van der Waals surface area (Å²) in [5.74, 6) is 0. The van der Waals surface area contributed by atoms with Crippen LogP contribution in [0.3, 0.4) is 0 Å². The van der Waals surface area contributed by atoms with E-state index in [1.54, 1.807) is 0 Å². The van der Waals surface area contributed by atoms with Gasteiger partial charge in [-0.15, -0.1) is 0 Å². The standard InChI is InChI=1S/C15H10BrClN2S/c16-11-6-4-10(5-7-11)14-9-18-15(20)19(14)13-3-1-2-12(17)8-13/h1-9H,(H,18,20). The van der Waals surface area contributed by atoms with Crippen LogP contribution in [0.2, 0.25) is 5.02 Å². The number of benzene rings is 2. The number of aromatic nitrogens is 2. The number of hydrogen-bond donors (Lipinski definition) is 1. The van der Waals surface area contributed by atoms with Gasteiger partial charge in [0.2, 0.25) is 0 Å². The molecule has 2 aromatic carbocycles. The van der Waals surface area contributed by atoms with Gasteiger partial charge in [0.1, 0.15) is 0 Å². The summed E-state index contributed by atoms with van der Waals surface area (Å²) in [5.41, 5.74) is 3.03.